The van der Waals surface area contributed by atoms with E-state index in [0.717, 1.165) is 12.0 Å². The highest BCUT2D eigenvalue weighted by Crippen LogP contribution is 2.52. The number of phenols is 1. The van der Waals surface area contributed by atoms with Gasteiger partial charge in [-0.3, -0.25) is 4.79 Å². The van der Waals surface area contributed by atoms with Crippen LogP contribution in [0.25, 0.3) is 0 Å². The fourth-order valence-electron chi connectivity index (χ4n) is 2.84. The Balaban J connectivity index is 2.68. The van der Waals surface area contributed by atoms with E-state index in [0.29, 0.717) is 24.2 Å². The Morgan fingerprint density at radius 2 is 2.00 bits per heavy atom. The summed E-state index contributed by atoms with van der Waals surface area (Å²) in [6.07, 6.45) is 2.02. The number of carboxylic acids is 1. The number of hydrogen-bond acceptors (Lipinski definition) is 3. The summed E-state index contributed by atoms with van der Waals surface area (Å²) in [7, 11) is 1.47. The molecule has 0 atom stereocenters. The molecule has 0 aliphatic heterocycles. The minimum Gasteiger partial charge on any atom is -0.504 e. The number of hydrogen-bond donors (Lipinski definition) is 2. The molecule has 0 saturated heterocycles. The summed E-state index contributed by atoms with van der Waals surface area (Å²) in [4.78, 5) is 11.7. The SMILES string of the molecule is COc1ccc(C(C)C)c(C2(C(=O)O)CCC2)c1O. The van der Waals surface area contributed by atoms with Gasteiger partial charge in [-0.1, -0.05) is 26.3 Å². The first-order valence-corrected chi connectivity index (χ1v) is 6.57. The molecule has 0 unspecified atom stereocenters. The second kappa shape index (κ2) is 4.76. The van der Waals surface area contributed by atoms with Crippen LogP contribution in [0.3, 0.4) is 0 Å². The number of benzene rings is 1. The lowest BCUT2D eigenvalue weighted by Gasteiger charge is -2.40. The van der Waals surface area contributed by atoms with Crippen LogP contribution >= 0.6 is 0 Å². The molecule has 2 rings (SSSR count). The standard InChI is InChI=1S/C15H20O4/c1-9(2)10-5-6-11(19-3)13(16)12(10)15(14(17)18)7-4-8-15/h5-6,9,16H,4,7-8H2,1-3H3,(H,17,18). The van der Waals surface area contributed by atoms with E-state index < -0.39 is 11.4 Å². The number of phenolic OH excluding ortho intramolecular Hbond substituents is 1. The molecular formula is C15H20O4. The minimum absolute atomic E-state index is 0.0178. The van der Waals surface area contributed by atoms with Gasteiger partial charge in [0.05, 0.1) is 12.5 Å². The van der Waals surface area contributed by atoms with Crippen molar-refractivity contribution < 1.29 is 19.7 Å². The lowest BCUT2D eigenvalue weighted by Crippen LogP contribution is -2.43. The predicted octanol–water partition coefficient (Wildman–Crippen LogP) is 3.03. The van der Waals surface area contributed by atoms with Gasteiger partial charge < -0.3 is 14.9 Å². The number of carbonyl (C=O) groups is 1. The Morgan fingerprint density at radius 1 is 1.37 bits per heavy atom. The summed E-state index contributed by atoms with van der Waals surface area (Å²) in [5.41, 5.74) is 0.485. The zero-order valence-electron chi connectivity index (χ0n) is 11.6. The number of carboxylic acid groups (broad SMARTS) is 1. The van der Waals surface area contributed by atoms with Crippen molar-refractivity contribution in [1.82, 2.24) is 0 Å². The van der Waals surface area contributed by atoms with E-state index in [2.05, 4.69) is 0 Å². The summed E-state index contributed by atoms with van der Waals surface area (Å²) in [6, 6.07) is 3.56. The first-order valence-electron chi connectivity index (χ1n) is 6.57. The van der Waals surface area contributed by atoms with Crippen LogP contribution in [0.15, 0.2) is 12.1 Å². The maximum atomic E-state index is 11.7. The topological polar surface area (TPSA) is 66.8 Å². The Bertz CT molecular complexity index is 501. The molecule has 1 aromatic rings. The van der Waals surface area contributed by atoms with Gasteiger partial charge in [-0.25, -0.2) is 0 Å². The Kier molecular flexibility index (Phi) is 3.43. The van der Waals surface area contributed by atoms with Crippen molar-refractivity contribution in [2.75, 3.05) is 7.11 Å². The molecule has 0 amide bonds. The van der Waals surface area contributed by atoms with Crippen molar-refractivity contribution >= 4 is 5.97 Å². The molecule has 0 spiro atoms. The van der Waals surface area contributed by atoms with Crippen LogP contribution in [-0.4, -0.2) is 23.3 Å². The molecule has 1 saturated carbocycles. The van der Waals surface area contributed by atoms with Gasteiger partial charge in [0.1, 0.15) is 0 Å². The molecule has 104 valence electrons. The van der Waals surface area contributed by atoms with Gasteiger partial charge in [-0.15, -0.1) is 0 Å². The van der Waals surface area contributed by atoms with Crippen LogP contribution < -0.4 is 4.74 Å². The molecule has 0 bridgehead atoms. The number of aromatic hydroxyl groups is 1. The van der Waals surface area contributed by atoms with E-state index in [1.54, 1.807) is 6.07 Å². The number of ether oxygens (including phenoxy) is 1. The Hall–Kier alpha value is -1.71. The molecule has 2 N–H and O–H groups in total. The van der Waals surface area contributed by atoms with Crippen LogP contribution in [0.5, 0.6) is 11.5 Å². The molecule has 0 aromatic heterocycles. The van der Waals surface area contributed by atoms with E-state index in [4.69, 9.17) is 4.74 Å². The number of rotatable bonds is 4. The lowest BCUT2D eigenvalue weighted by molar-refractivity contribution is -0.147. The van der Waals surface area contributed by atoms with Crippen LogP contribution in [0, 0.1) is 0 Å². The number of methoxy groups -OCH3 is 1. The second-order valence-corrected chi connectivity index (χ2v) is 5.48. The van der Waals surface area contributed by atoms with Gasteiger partial charge in [-0.2, -0.15) is 0 Å². The quantitative estimate of drug-likeness (QED) is 0.877. The van der Waals surface area contributed by atoms with E-state index in [1.165, 1.54) is 7.11 Å². The van der Waals surface area contributed by atoms with Crippen molar-refractivity contribution in [1.29, 1.82) is 0 Å². The Morgan fingerprint density at radius 3 is 2.37 bits per heavy atom. The van der Waals surface area contributed by atoms with Crippen LogP contribution in [0.2, 0.25) is 0 Å². The first kappa shape index (κ1) is 13.7. The highest BCUT2D eigenvalue weighted by atomic mass is 16.5. The van der Waals surface area contributed by atoms with Gasteiger partial charge in [0.25, 0.3) is 0 Å². The van der Waals surface area contributed by atoms with E-state index in [9.17, 15) is 15.0 Å². The molecule has 19 heavy (non-hydrogen) atoms. The lowest BCUT2D eigenvalue weighted by atomic mass is 9.62. The minimum atomic E-state index is -0.946. The molecule has 0 radical (unpaired) electrons. The molecule has 4 nitrogen and oxygen atoms in total. The normalized spacial score (nSPS) is 17.1. The summed E-state index contributed by atoms with van der Waals surface area (Å²) in [5, 5.41) is 20.0. The zero-order valence-corrected chi connectivity index (χ0v) is 11.6. The van der Waals surface area contributed by atoms with Gasteiger partial charge >= 0.3 is 5.97 Å². The fourth-order valence-corrected chi connectivity index (χ4v) is 2.84. The van der Waals surface area contributed by atoms with Gasteiger partial charge in [0.15, 0.2) is 11.5 Å². The van der Waals surface area contributed by atoms with Gasteiger partial charge in [0.2, 0.25) is 0 Å². The first-order chi connectivity index (χ1) is 8.94. The molecule has 1 aromatic carbocycles. The summed E-state index contributed by atoms with van der Waals surface area (Å²) < 4.78 is 5.12. The fraction of sp³-hybridized carbons (Fsp3) is 0.533. The third-order valence-corrected chi connectivity index (χ3v) is 4.11. The third-order valence-electron chi connectivity index (χ3n) is 4.11. The maximum Gasteiger partial charge on any atom is 0.314 e. The zero-order chi connectivity index (χ0) is 14.2. The molecule has 4 heteroatoms. The summed E-state index contributed by atoms with van der Waals surface area (Å²) in [6.45, 7) is 4.00. The average Bonchev–Trinajstić information content (AvgIpc) is 2.28. The largest absolute Gasteiger partial charge is 0.504 e. The molecular weight excluding hydrogens is 244 g/mol. The molecule has 1 fully saturated rings. The summed E-state index contributed by atoms with van der Waals surface area (Å²) in [5.74, 6) is -0.379. The summed E-state index contributed by atoms with van der Waals surface area (Å²) >= 11 is 0. The molecule has 1 aliphatic rings. The van der Waals surface area contributed by atoms with Crippen molar-refractivity contribution in [2.45, 2.75) is 44.4 Å². The van der Waals surface area contributed by atoms with Crippen molar-refractivity contribution in [3.8, 4) is 11.5 Å². The second-order valence-electron chi connectivity index (χ2n) is 5.48. The predicted molar refractivity (Wildman–Crippen MR) is 71.9 cm³/mol. The average molecular weight is 264 g/mol. The van der Waals surface area contributed by atoms with E-state index in [-0.39, 0.29) is 11.7 Å². The van der Waals surface area contributed by atoms with Gasteiger partial charge in [-0.05, 0) is 30.4 Å². The smallest absolute Gasteiger partial charge is 0.314 e. The maximum absolute atomic E-state index is 11.7. The third kappa shape index (κ3) is 1.95. The van der Waals surface area contributed by atoms with Crippen molar-refractivity contribution in [2.24, 2.45) is 0 Å². The highest BCUT2D eigenvalue weighted by molar-refractivity contribution is 5.85. The van der Waals surface area contributed by atoms with Crippen molar-refractivity contribution in [3.63, 3.8) is 0 Å². The van der Waals surface area contributed by atoms with Crippen LogP contribution in [0.1, 0.15) is 50.2 Å². The van der Waals surface area contributed by atoms with Crippen LogP contribution in [-0.2, 0) is 10.2 Å². The van der Waals surface area contributed by atoms with Gasteiger partial charge in [0, 0.05) is 5.56 Å². The molecule has 1 aliphatic carbocycles. The van der Waals surface area contributed by atoms with E-state index >= 15 is 0 Å². The highest BCUT2D eigenvalue weighted by Gasteiger charge is 2.49. The van der Waals surface area contributed by atoms with E-state index in [1.807, 2.05) is 19.9 Å². The number of aliphatic carboxylic acids is 1. The molecule has 0 heterocycles. The van der Waals surface area contributed by atoms with Crippen LogP contribution in [0.4, 0.5) is 0 Å². The van der Waals surface area contributed by atoms with Crippen molar-refractivity contribution in [3.05, 3.63) is 23.3 Å². The Labute approximate surface area is 113 Å². The monoisotopic (exact) mass is 264 g/mol.